The molecule has 0 saturated carbocycles. The van der Waals surface area contributed by atoms with Crippen LogP contribution >= 0.6 is 0 Å². The highest BCUT2D eigenvalue weighted by Crippen LogP contribution is 1.95. The predicted molar refractivity (Wildman–Crippen MR) is 59.0 cm³/mol. The summed E-state index contributed by atoms with van der Waals surface area (Å²) in [5, 5.41) is 12.2. The number of nitrogens with zero attached hydrogens (tertiary/aromatic N) is 2. The van der Waals surface area contributed by atoms with Crippen LogP contribution < -0.4 is 10.9 Å². The number of hydrogen-bond donors (Lipinski definition) is 2. The lowest BCUT2D eigenvalue weighted by molar-refractivity contribution is 0.183. The molecule has 0 fully saturated rings. The molecular weight excluding hydrogens is 194 g/mol. The van der Waals surface area contributed by atoms with Crippen LogP contribution in [0.3, 0.4) is 0 Å². The number of aliphatic hydroxyl groups is 1. The molecule has 5 heteroatoms. The van der Waals surface area contributed by atoms with Gasteiger partial charge in [-0.25, -0.2) is 4.98 Å². The molecule has 1 rings (SSSR count). The Morgan fingerprint density at radius 2 is 2.33 bits per heavy atom. The molecule has 0 aromatic carbocycles. The number of rotatable bonds is 5. The third kappa shape index (κ3) is 3.06. The fourth-order valence-electron chi connectivity index (χ4n) is 1.18. The molecule has 1 aromatic rings. The summed E-state index contributed by atoms with van der Waals surface area (Å²) < 4.78 is 1.56. The van der Waals surface area contributed by atoms with Gasteiger partial charge in [-0.1, -0.05) is 6.92 Å². The molecule has 1 unspecified atom stereocenters. The molecule has 1 atom stereocenters. The maximum atomic E-state index is 11.7. The van der Waals surface area contributed by atoms with Crippen molar-refractivity contribution >= 4 is 5.82 Å². The largest absolute Gasteiger partial charge is 0.391 e. The van der Waals surface area contributed by atoms with Gasteiger partial charge in [0.2, 0.25) is 0 Å². The van der Waals surface area contributed by atoms with Crippen LogP contribution in [0.5, 0.6) is 0 Å². The zero-order chi connectivity index (χ0) is 11.3. The van der Waals surface area contributed by atoms with Gasteiger partial charge in [-0.05, 0) is 13.3 Å². The van der Waals surface area contributed by atoms with Gasteiger partial charge < -0.3 is 15.0 Å². The van der Waals surface area contributed by atoms with Crippen LogP contribution in [0.1, 0.15) is 20.3 Å². The lowest BCUT2D eigenvalue weighted by Crippen LogP contribution is -2.27. The van der Waals surface area contributed by atoms with Crippen LogP contribution in [0.4, 0.5) is 5.82 Å². The van der Waals surface area contributed by atoms with Crippen LogP contribution in [0, 0.1) is 0 Å². The molecule has 1 aromatic heterocycles. The quantitative estimate of drug-likeness (QED) is 0.742. The van der Waals surface area contributed by atoms with Gasteiger partial charge in [-0.3, -0.25) is 4.79 Å². The topological polar surface area (TPSA) is 67.2 Å². The molecule has 0 aliphatic heterocycles. The third-order valence-corrected chi connectivity index (χ3v) is 2.23. The Balaban J connectivity index is 2.73. The number of anilines is 1. The summed E-state index contributed by atoms with van der Waals surface area (Å²) >= 11 is 0. The minimum Gasteiger partial charge on any atom is -0.391 e. The minimum atomic E-state index is -0.443. The van der Waals surface area contributed by atoms with Gasteiger partial charge in [0.1, 0.15) is 0 Å². The summed E-state index contributed by atoms with van der Waals surface area (Å²) in [6.07, 6.45) is 3.43. The molecule has 1 heterocycles. The number of aliphatic hydroxyl groups excluding tert-OH is 1. The molecule has 0 spiro atoms. The lowest BCUT2D eigenvalue weighted by atomic mass is 10.3. The Bertz CT molecular complexity index is 362. The second-order valence-corrected chi connectivity index (χ2v) is 3.31. The standard InChI is InChI=1S/C10H17N3O2/c1-3-8(14)7-12-9-10(15)13(4-2)6-5-11-9/h5-6,8,14H,3-4,7H2,1-2H3,(H,11,12). The molecular formula is C10H17N3O2. The summed E-state index contributed by atoms with van der Waals surface area (Å²) in [5.41, 5.74) is -0.150. The van der Waals surface area contributed by atoms with Gasteiger partial charge in [-0.15, -0.1) is 0 Å². The van der Waals surface area contributed by atoms with Crippen molar-refractivity contribution in [2.45, 2.75) is 32.9 Å². The highest BCUT2D eigenvalue weighted by Gasteiger charge is 2.05. The molecule has 15 heavy (non-hydrogen) atoms. The molecule has 0 bridgehead atoms. The Hall–Kier alpha value is -1.36. The normalized spacial score (nSPS) is 12.5. The van der Waals surface area contributed by atoms with Crippen molar-refractivity contribution in [3.05, 3.63) is 22.7 Å². The van der Waals surface area contributed by atoms with E-state index in [4.69, 9.17) is 0 Å². The van der Waals surface area contributed by atoms with E-state index in [0.29, 0.717) is 25.3 Å². The molecule has 2 N–H and O–H groups in total. The van der Waals surface area contributed by atoms with E-state index in [2.05, 4.69) is 10.3 Å². The van der Waals surface area contributed by atoms with Crippen molar-refractivity contribution in [1.82, 2.24) is 9.55 Å². The van der Waals surface area contributed by atoms with E-state index in [-0.39, 0.29) is 5.56 Å². The van der Waals surface area contributed by atoms with E-state index in [9.17, 15) is 9.90 Å². The lowest BCUT2D eigenvalue weighted by Gasteiger charge is -2.10. The van der Waals surface area contributed by atoms with Crippen molar-refractivity contribution in [3.8, 4) is 0 Å². The zero-order valence-electron chi connectivity index (χ0n) is 9.10. The van der Waals surface area contributed by atoms with Crippen molar-refractivity contribution in [2.24, 2.45) is 0 Å². The molecule has 0 saturated heterocycles. The first-order chi connectivity index (χ1) is 7.19. The first-order valence-electron chi connectivity index (χ1n) is 5.16. The van der Waals surface area contributed by atoms with Crippen molar-refractivity contribution in [3.63, 3.8) is 0 Å². The monoisotopic (exact) mass is 211 g/mol. The summed E-state index contributed by atoms with van der Waals surface area (Å²) in [4.78, 5) is 15.6. The second kappa shape index (κ2) is 5.50. The average molecular weight is 211 g/mol. The summed E-state index contributed by atoms with van der Waals surface area (Å²) in [6.45, 7) is 4.75. The Labute approximate surface area is 88.8 Å². The van der Waals surface area contributed by atoms with Crippen LogP contribution in [0.25, 0.3) is 0 Å². The first-order valence-corrected chi connectivity index (χ1v) is 5.16. The molecule has 0 amide bonds. The molecule has 0 radical (unpaired) electrons. The van der Waals surface area contributed by atoms with Crippen LogP contribution in [-0.2, 0) is 6.54 Å². The fourth-order valence-corrected chi connectivity index (χ4v) is 1.18. The van der Waals surface area contributed by atoms with Gasteiger partial charge in [-0.2, -0.15) is 0 Å². The van der Waals surface area contributed by atoms with E-state index >= 15 is 0 Å². The Kier molecular flexibility index (Phi) is 4.30. The second-order valence-electron chi connectivity index (χ2n) is 3.31. The Morgan fingerprint density at radius 3 is 2.93 bits per heavy atom. The number of aryl methyl sites for hydroxylation is 1. The van der Waals surface area contributed by atoms with Crippen LogP contribution in [0.15, 0.2) is 17.2 Å². The maximum Gasteiger partial charge on any atom is 0.293 e. The smallest absolute Gasteiger partial charge is 0.293 e. The van der Waals surface area contributed by atoms with Crippen LogP contribution in [-0.4, -0.2) is 27.3 Å². The summed E-state index contributed by atoms with van der Waals surface area (Å²) in [7, 11) is 0. The molecule has 84 valence electrons. The molecule has 5 nitrogen and oxygen atoms in total. The van der Waals surface area contributed by atoms with Gasteiger partial charge in [0.15, 0.2) is 5.82 Å². The summed E-state index contributed by atoms with van der Waals surface area (Å²) in [5.74, 6) is 0.298. The van der Waals surface area contributed by atoms with Gasteiger partial charge in [0, 0.05) is 25.5 Å². The van der Waals surface area contributed by atoms with E-state index in [1.807, 2.05) is 13.8 Å². The third-order valence-electron chi connectivity index (χ3n) is 2.23. The Morgan fingerprint density at radius 1 is 1.60 bits per heavy atom. The van der Waals surface area contributed by atoms with Crippen molar-refractivity contribution < 1.29 is 5.11 Å². The molecule has 0 aliphatic carbocycles. The fraction of sp³-hybridized carbons (Fsp3) is 0.600. The number of nitrogens with one attached hydrogen (secondary N) is 1. The van der Waals surface area contributed by atoms with Gasteiger partial charge in [0.05, 0.1) is 6.10 Å². The van der Waals surface area contributed by atoms with Crippen LogP contribution in [0.2, 0.25) is 0 Å². The van der Waals surface area contributed by atoms with E-state index in [0.717, 1.165) is 0 Å². The maximum absolute atomic E-state index is 11.7. The van der Waals surface area contributed by atoms with E-state index in [1.54, 1.807) is 17.0 Å². The number of aromatic nitrogens is 2. The van der Waals surface area contributed by atoms with Crippen molar-refractivity contribution in [2.75, 3.05) is 11.9 Å². The zero-order valence-corrected chi connectivity index (χ0v) is 9.10. The summed E-state index contributed by atoms with van der Waals surface area (Å²) in [6, 6.07) is 0. The highest BCUT2D eigenvalue weighted by atomic mass is 16.3. The minimum absolute atomic E-state index is 0.150. The average Bonchev–Trinajstić information content (AvgIpc) is 2.27. The molecule has 0 aliphatic rings. The van der Waals surface area contributed by atoms with E-state index < -0.39 is 6.10 Å². The SMILES string of the molecule is CCC(O)CNc1nccn(CC)c1=O. The van der Waals surface area contributed by atoms with E-state index in [1.165, 1.54) is 0 Å². The van der Waals surface area contributed by atoms with Gasteiger partial charge >= 0.3 is 0 Å². The van der Waals surface area contributed by atoms with Gasteiger partial charge in [0.25, 0.3) is 5.56 Å². The number of hydrogen-bond acceptors (Lipinski definition) is 4. The highest BCUT2D eigenvalue weighted by molar-refractivity contribution is 5.30. The first kappa shape index (κ1) is 11.7. The van der Waals surface area contributed by atoms with Crippen molar-refractivity contribution in [1.29, 1.82) is 0 Å². The predicted octanol–water partition coefficient (Wildman–Crippen LogP) is 0.446.